The highest BCUT2D eigenvalue weighted by atomic mass is 32.2. The number of benzene rings is 2. The third-order valence-electron chi connectivity index (χ3n) is 3.35. The van der Waals surface area contributed by atoms with Gasteiger partial charge in [0, 0.05) is 24.2 Å². The summed E-state index contributed by atoms with van der Waals surface area (Å²) in [6.45, 7) is 2.06. The van der Waals surface area contributed by atoms with Gasteiger partial charge in [-0.15, -0.1) is 11.8 Å². The van der Waals surface area contributed by atoms with Gasteiger partial charge in [0.15, 0.2) is 0 Å². The fourth-order valence-corrected chi connectivity index (χ4v) is 2.90. The Balaban J connectivity index is 1.74. The first-order valence-electron chi connectivity index (χ1n) is 7.89. The highest BCUT2D eigenvalue weighted by Crippen LogP contribution is 2.16. The lowest BCUT2D eigenvalue weighted by Crippen LogP contribution is -2.17. The molecule has 5 nitrogen and oxygen atoms in total. The van der Waals surface area contributed by atoms with Crippen molar-refractivity contribution in [3.8, 4) is 0 Å². The molecular weight excluding hydrogens is 336 g/mol. The minimum absolute atomic E-state index is 0.0106. The van der Waals surface area contributed by atoms with Crippen LogP contribution < -0.4 is 10.6 Å². The summed E-state index contributed by atoms with van der Waals surface area (Å²) in [5, 5.41) is 5.54. The summed E-state index contributed by atoms with van der Waals surface area (Å²) in [7, 11) is 1.47. The molecule has 0 aliphatic carbocycles. The van der Waals surface area contributed by atoms with Crippen molar-refractivity contribution in [2.24, 2.45) is 0 Å². The standard InChI is InChI=1S/C19H22N2O3S/c1-14-3-5-15(6-4-14)12-25-13-19(23)21-17-9-7-16(8-10-17)20-18(22)11-24-2/h3-10H,11-13H2,1-2H3,(H,20,22)(H,21,23). The van der Waals surface area contributed by atoms with Gasteiger partial charge in [0.05, 0.1) is 5.75 Å². The monoisotopic (exact) mass is 358 g/mol. The van der Waals surface area contributed by atoms with Gasteiger partial charge < -0.3 is 15.4 Å². The summed E-state index contributed by atoms with van der Waals surface area (Å²) in [6, 6.07) is 15.3. The van der Waals surface area contributed by atoms with E-state index in [1.807, 2.05) is 0 Å². The maximum absolute atomic E-state index is 12.0. The molecule has 0 aliphatic rings. The van der Waals surface area contributed by atoms with Crippen LogP contribution in [0.2, 0.25) is 0 Å². The predicted octanol–water partition coefficient (Wildman–Crippen LogP) is 3.45. The second kappa shape index (κ2) is 9.86. The van der Waals surface area contributed by atoms with Crippen LogP contribution in [0.15, 0.2) is 48.5 Å². The van der Waals surface area contributed by atoms with E-state index in [0.717, 1.165) is 5.75 Å². The normalized spacial score (nSPS) is 10.3. The zero-order chi connectivity index (χ0) is 18.1. The van der Waals surface area contributed by atoms with Crippen LogP contribution in [0.1, 0.15) is 11.1 Å². The molecule has 2 aromatic carbocycles. The van der Waals surface area contributed by atoms with Gasteiger partial charge in [-0.2, -0.15) is 0 Å². The highest BCUT2D eigenvalue weighted by Gasteiger charge is 2.05. The van der Waals surface area contributed by atoms with Gasteiger partial charge in [-0.05, 0) is 36.8 Å². The van der Waals surface area contributed by atoms with Crippen LogP contribution in [0.3, 0.4) is 0 Å². The molecule has 0 aliphatic heterocycles. The van der Waals surface area contributed by atoms with Crippen molar-refractivity contribution in [1.29, 1.82) is 0 Å². The number of anilines is 2. The van der Waals surface area contributed by atoms with E-state index in [1.54, 1.807) is 36.0 Å². The van der Waals surface area contributed by atoms with Crippen LogP contribution in [0.5, 0.6) is 0 Å². The van der Waals surface area contributed by atoms with E-state index in [1.165, 1.54) is 18.2 Å². The van der Waals surface area contributed by atoms with Gasteiger partial charge in [0.2, 0.25) is 11.8 Å². The number of hydrogen-bond donors (Lipinski definition) is 2. The van der Waals surface area contributed by atoms with Crippen LogP contribution in [-0.4, -0.2) is 31.3 Å². The van der Waals surface area contributed by atoms with Gasteiger partial charge >= 0.3 is 0 Å². The number of amides is 2. The lowest BCUT2D eigenvalue weighted by Gasteiger charge is -2.08. The molecule has 0 heterocycles. The summed E-state index contributed by atoms with van der Waals surface area (Å²) in [4.78, 5) is 23.4. The van der Waals surface area contributed by atoms with Gasteiger partial charge in [-0.1, -0.05) is 29.8 Å². The molecule has 0 spiro atoms. The van der Waals surface area contributed by atoms with Crippen molar-refractivity contribution in [3.05, 3.63) is 59.7 Å². The average molecular weight is 358 g/mol. The van der Waals surface area contributed by atoms with Gasteiger partial charge in [-0.25, -0.2) is 0 Å². The molecule has 0 unspecified atom stereocenters. The number of carbonyl (C=O) groups is 2. The van der Waals surface area contributed by atoms with E-state index in [0.29, 0.717) is 17.1 Å². The van der Waals surface area contributed by atoms with E-state index in [4.69, 9.17) is 4.74 Å². The SMILES string of the molecule is COCC(=O)Nc1ccc(NC(=O)CSCc2ccc(C)cc2)cc1. The zero-order valence-corrected chi connectivity index (χ0v) is 15.2. The number of methoxy groups -OCH3 is 1. The molecular formula is C19H22N2O3S. The molecule has 0 aromatic heterocycles. The van der Waals surface area contributed by atoms with Crippen molar-refractivity contribution < 1.29 is 14.3 Å². The molecule has 2 rings (SSSR count). The van der Waals surface area contributed by atoms with Gasteiger partial charge in [0.25, 0.3) is 0 Å². The Bertz CT molecular complexity index is 700. The van der Waals surface area contributed by atoms with Crippen LogP contribution in [-0.2, 0) is 20.1 Å². The molecule has 2 N–H and O–H groups in total. The Morgan fingerprint density at radius 3 is 2.04 bits per heavy atom. The topological polar surface area (TPSA) is 67.4 Å². The quantitative estimate of drug-likeness (QED) is 0.758. The molecule has 2 aromatic rings. The lowest BCUT2D eigenvalue weighted by atomic mass is 10.2. The molecule has 0 saturated heterocycles. The first-order valence-corrected chi connectivity index (χ1v) is 9.04. The average Bonchev–Trinajstić information content (AvgIpc) is 2.59. The number of rotatable bonds is 8. The Hall–Kier alpha value is -2.31. The molecule has 0 bridgehead atoms. The van der Waals surface area contributed by atoms with Crippen LogP contribution in [0.4, 0.5) is 11.4 Å². The van der Waals surface area contributed by atoms with E-state index in [-0.39, 0.29) is 18.4 Å². The zero-order valence-electron chi connectivity index (χ0n) is 14.4. The van der Waals surface area contributed by atoms with Crippen molar-refractivity contribution >= 4 is 35.0 Å². The number of aryl methyl sites for hydroxylation is 1. The largest absolute Gasteiger partial charge is 0.375 e. The first-order chi connectivity index (χ1) is 12.1. The van der Waals surface area contributed by atoms with Crippen molar-refractivity contribution in [2.75, 3.05) is 30.1 Å². The van der Waals surface area contributed by atoms with Crippen molar-refractivity contribution in [3.63, 3.8) is 0 Å². The summed E-state index contributed by atoms with van der Waals surface area (Å²) >= 11 is 1.57. The molecule has 6 heteroatoms. The minimum Gasteiger partial charge on any atom is -0.375 e. The molecule has 0 fully saturated rings. The smallest absolute Gasteiger partial charge is 0.250 e. The number of nitrogens with one attached hydrogen (secondary N) is 2. The fraction of sp³-hybridized carbons (Fsp3) is 0.263. The second-order valence-electron chi connectivity index (χ2n) is 5.59. The molecule has 0 radical (unpaired) electrons. The third-order valence-corrected chi connectivity index (χ3v) is 4.35. The number of carbonyl (C=O) groups excluding carboxylic acids is 2. The van der Waals surface area contributed by atoms with E-state index in [2.05, 4.69) is 41.8 Å². The number of thioether (sulfide) groups is 1. The lowest BCUT2D eigenvalue weighted by molar-refractivity contribution is -0.119. The Kier molecular flexibility index (Phi) is 7.50. The van der Waals surface area contributed by atoms with E-state index >= 15 is 0 Å². The Labute approximate surface area is 152 Å². The van der Waals surface area contributed by atoms with Gasteiger partial charge in [-0.3, -0.25) is 9.59 Å². The molecule has 0 atom stereocenters. The van der Waals surface area contributed by atoms with Crippen molar-refractivity contribution in [2.45, 2.75) is 12.7 Å². The van der Waals surface area contributed by atoms with Crippen molar-refractivity contribution in [1.82, 2.24) is 0 Å². The maximum atomic E-state index is 12.0. The molecule has 132 valence electrons. The fourth-order valence-electron chi connectivity index (χ4n) is 2.11. The Morgan fingerprint density at radius 2 is 1.48 bits per heavy atom. The maximum Gasteiger partial charge on any atom is 0.250 e. The number of hydrogen-bond acceptors (Lipinski definition) is 4. The Morgan fingerprint density at radius 1 is 0.920 bits per heavy atom. The molecule has 25 heavy (non-hydrogen) atoms. The second-order valence-corrected chi connectivity index (χ2v) is 6.57. The molecule has 0 saturated carbocycles. The highest BCUT2D eigenvalue weighted by molar-refractivity contribution is 7.99. The summed E-state index contributed by atoms with van der Waals surface area (Å²) in [5.41, 5.74) is 3.80. The predicted molar refractivity (Wildman–Crippen MR) is 103 cm³/mol. The van der Waals surface area contributed by atoms with E-state index in [9.17, 15) is 9.59 Å². The minimum atomic E-state index is -0.216. The summed E-state index contributed by atoms with van der Waals surface area (Å²) in [5.74, 6) is 0.929. The first kappa shape index (κ1) is 19.0. The molecule has 2 amide bonds. The summed E-state index contributed by atoms with van der Waals surface area (Å²) in [6.07, 6.45) is 0. The van der Waals surface area contributed by atoms with Crippen LogP contribution in [0, 0.1) is 6.92 Å². The third kappa shape index (κ3) is 6.99. The van der Waals surface area contributed by atoms with Crippen LogP contribution >= 0.6 is 11.8 Å². The van der Waals surface area contributed by atoms with E-state index < -0.39 is 0 Å². The summed E-state index contributed by atoms with van der Waals surface area (Å²) < 4.78 is 4.76. The van der Waals surface area contributed by atoms with Crippen LogP contribution in [0.25, 0.3) is 0 Å². The van der Waals surface area contributed by atoms with Gasteiger partial charge in [0.1, 0.15) is 6.61 Å². The number of ether oxygens (including phenoxy) is 1.